The normalized spacial score (nSPS) is 10.0. The molecular weight excluding hydrogens is 283 g/mol. The number of amides is 2. The largest absolute Gasteiger partial charge is 0.355 e. The Morgan fingerprint density at radius 1 is 0.909 bits per heavy atom. The highest BCUT2D eigenvalue weighted by atomic mass is 19.1. The molecule has 0 fully saturated rings. The van der Waals surface area contributed by atoms with E-state index in [1.165, 1.54) is 24.3 Å². The first kappa shape index (κ1) is 15.7. The summed E-state index contributed by atoms with van der Waals surface area (Å²) < 4.78 is 12.7. The number of rotatable bonds is 6. The number of carbonyl (C=O) groups excluding carboxylic acids is 2. The Bertz CT molecular complexity index is 627. The van der Waals surface area contributed by atoms with Crippen molar-refractivity contribution in [3.63, 3.8) is 0 Å². The van der Waals surface area contributed by atoms with Crippen molar-refractivity contribution in [1.82, 2.24) is 5.32 Å². The lowest BCUT2D eigenvalue weighted by Crippen LogP contribution is -2.28. The summed E-state index contributed by atoms with van der Waals surface area (Å²) in [5.41, 5.74) is 1.46. The molecule has 2 aromatic carbocycles. The van der Waals surface area contributed by atoms with Gasteiger partial charge in [0.25, 0.3) is 0 Å². The van der Waals surface area contributed by atoms with E-state index in [9.17, 15) is 14.0 Å². The number of carbonyl (C=O) groups is 2. The van der Waals surface area contributed by atoms with Crippen LogP contribution in [0.25, 0.3) is 0 Å². The highest BCUT2D eigenvalue weighted by Gasteiger charge is 2.05. The molecule has 0 aromatic heterocycles. The summed E-state index contributed by atoms with van der Waals surface area (Å²) in [6.07, 6.45) is 0.457. The van der Waals surface area contributed by atoms with Crippen LogP contribution in [0.4, 0.5) is 10.1 Å². The first-order chi connectivity index (χ1) is 10.6. The zero-order chi connectivity index (χ0) is 15.8. The second-order valence-corrected chi connectivity index (χ2v) is 4.82. The van der Waals surface area contributed by atoms with Gasteiger partial charge in [-0.05, 0) is 29.8 Å². The minimum absolute atomic E-state index is 0.124. The predicted octanol–water partition coefficient (Wildman–Crippen LogP) is 2.51. The molecule has 114 valence electrons. The van der Waals surface area contributed by atoms with E-state index in [2.05, 4.69) is 10.6 Å². The summed E-state index contributed by atoms with van der Waals surface area (Å²) in [5.74, 6) is -0.710. The Labute approximate surface area is 128 Å². The summed E-state index contributed by atoms with van der Waals surface area (Å²) in [7, 11) is 0. The molecule has 0 saturated heterocycles. The fourth-order valence-electron chi connectivity index (χ4n) is 1.92. The molecule has 0 unspecified atom stereocenters. The molecule has 2 amide bonds. The van der Waals surface area contributed by atoms with Gasteiger partial charge in [0, 0.05) is 18.7 Å². The molecule has 0 spiro atoms. The molecule has 0 aliphatic rings. The van der Waals surface area contributed by atoms with Crippen LogP contribution in [0, 0.1) is 5.82 Å². The lowest BCUT2D eigenvalue weighted by molar-refractivity contribution is -0.120. The number of hydrogen-bond donors (Lipinski definition) is 2. The monoisotopic (exact) mass is 300 g/mol. The van der Waals surface area contributed by atoms with E-state index in [0.29, 0.717) is 12.1 Å². The Kier molecular flexibility index (Phi) is 5.65. The SMILES string of the molecule is O=C(Cc1ccccc1)NCCC(=O)Nc1ccc(F)cc1. The first-order valence-corrected chi connectivity index (χ1v) is 6.99. The lowest BCUT2D eigenvalue weighted by Gasteiger charge is -2.07. The molecule has 0 atom stereocenters. The minimum atomic E-state index is -0.355. The van der Waals surface area contributed by atoms with Crippen LogP contribution in [-0.2, 0) is 16.0 Å². The number of nitrogens with one attached hydrogen (secondary N) is 2. The van der Waals surface area contributed by atoms with E-state index >= 15 is 0 Å². The van der Waals surface area contributed by atoms with Crippen LogP contribution in [0.1, 0.15) is 12.0 Å². The highest BCUT2D eigenvalue weighted by Crippen LogP contribution is 2.08. The van der Waals surface area contributed by atoms with Gasteiger partial charge in [-0.1, -0.05) is 30.3 Å². The van der Waals surface area contributed by atoms with E-state index in [-0.39, 0.29) is 30.6 Å². The van der Waals surface area contributed by atoms with Crippen molar-refractivity contribution in [1.29, 1.82) is 0 Å². The molecule has 5 heteroatoms. The number of halogens is 1. The third-order valence-electron chi connectivity index (χ3n) is 3.01. The second-order valence-electron chi connectivity index (χ2n) is 4.82. The maximum atomic E-state index is 12.7. The smallest absolute Gasteiger partial charge is 0.226 e. The highest BCUT2D eigenvalue weighted by molar-refractivity contribution is 5.91. The Morgan fingerprint density at radius 3 is 2.27 bits per heavy atom. The van der Waals surface area contributed by atoms with E-state index in [4.69, 9.17) is 0 Å². The summed E-state index contributed by atoms with van der Waals surface area (Å²) in [5, 5.41) is 5.33. The third-order valence-corrected chi connectivity index (χ3v) is 3.01. The molecule has 0 saturated carbocycles. The van der Waals surface area contributed by atoms with Gasteiger partial charge < -0.3 is 10.6 Å². The average Bonchev–Trinajstić information content (AvgIpc) is 2.50. The molecule has 2 N–H and O–H groups in total. The van der Waals surface area contributed by atoms with Gasteiger partial charge in [0.1, 0.15) is 5.82 Å². The number of benzene rings is 2. The molecule has 22 heavy (non-hydrogen) atoms. The Morgan fingerprint density at radius 2 is 1.59 bits per heavy atom. The van der Waals surface area contributed by atoms with Crippen molar-refractivity contribution in [2.75, 3.05) is 11.9 Å². The van der Waals surface area contributed by atoms with Gasteiger partial charge in [0.15, 0.2) is 0 Å². The Hall–Kier alpha value is -2.69. The topological polar surface area (TPSA) is 58.2 Å². The fraction of sp³-hybridized carbons (Fsp3) is 0.176. The molecule has 4 nitrogen and oxygen atoms in total. The van der Waals surface area contributed by atoms with Crippen molar-refractivity contribution in [2.45, 2.75) is 12.8 Å². The molecule has 0 bridgehead atoms. The predicted molar refractivity (Wildman–Crippen MR) is 82.8 cm³/mol. The van der Waals surface area contributed by atoms with Crippen LogP contribution in [0.15, 0.2) is 54.6 Å². The van der Waals surface area contributed by atoms with Gasteiger partial charge in [-0.15, -0.1) is 0 Å². The van der Waals surface area contributed by atoms with Crippen molar-refractivity contribution in [2.24, 2.45) is 0 Å². The molecule has 0 radical (unpaired) electrons. The third kappa shape index (κ3) is 5.36. The van der Waals surface area contributed by atoms with Gasteiger partial charge in [0.05, 0.1) is 6.42 Å². The van der Waals surface area contributed by atoms with Crippen LogP contribution < -0.4 is 10.6 Å². The number of hydrogen-bond acceptors (Lipinski definition) is 2. The van der Waals surface area contributed by atoms with Gasteiger partial charge in [-0.3, -0.25) is 9.59 Å². The van der Waals surface area contributed by atoms with E-state index < -0.39 is 0 Å². The van der Waals surface area contributed by atoms with Gasteiger partial charge >= 0.3 is 0 Å². The Balaban J connectivity index is 1.68. The minimum Gasteiger partial charge on any atom is -0.355 e. The van der Waals surface area contributed by atoms with Crippen LogP contribution in [0.3, 0.4) is 0 Å². The van der Waals surface area contributed by atoms with E-state index in [1.54, 1.807) is 0 Å². The maximum Gasteiger partial charge on any atom is 0.226 e. The van der Waals surface area contributed by atoms with Crippen LogP contribution in [-0.4, -0.2) is 18.4 Å². The van der Waals surface area contributed by atoms with E-state index in [1.807, 2.05) is 30.3 Å². The zero-order valence-electron chi connectivity index (χ0n) is 12.0. The zero-order valence-corrected chi connectivity index (χ0v) is 12.0. The van der Waals surface area contributed by atoms with Crippen molar-refractivity contribution >= 4 is 17.5 Å². The van der Waals surface area contributed by atoms with Crippen LogP contribution >= 0.6 is 0 Å². The van der Waals surface area contributed by atoms with Crippen molar-refractivity contribution in [3.05, 3.63) is 66.0 Å². The standard InChI is InChI=1S/C17H17FN2O2/c18-14-6-8-15(9-7-14)20-16(21)10-11-19-17(22)12-13-4-2-1-3-5-13/h1-9H,10-12H2,(H,19,22)(H,20,21). The van der Waals surface area contributed by atoms with Gasteiger partial charge in [-0.2, -0.15) is 0 Å². The summed E-state index contributed by atoms with van der Waals surface area (Å²) in [6.45, 7) is 0.263. The maximum absolute atomic E-state index is 12.7. The second kappa shape index (κ2) is 7.93. The first-order valence-electron chi connectivity index (χ1n) is 6.99. The van der Waals surface area contributed by atoms with Gasteiger partial charge in [-0.25, -0.2) is 4.39 Å². The van der Waals surface area contributed by atoms with Crippen LogP contribution in [0.2, 0.25) is 0 Å². The number of anilines is 1. The molecule has 0 aliphatic heterocycles. The van der Waals surface area contributed by atoms with E-state index in [0.717, 1.165) is 5.56 Å². The summed E-state index contributed by atoms with van der Waals surface area (Å²) in [4.78, 5) is 23.4. The van der Waals surface area contributed by atoms with Gasteiger partial charge in [0.2, 0.25) is 11.8 Å². The quantitative estimate of drug-likeness (QED) is 0.861. The molecule has 0 heterocycles. The molecule has 2 rings (SSSR count). The van der Waals surface area contributed by atoms with Crippen molar-refractivity contribution in [3.8, 4) is 0 Å². The molecule has 0 aliphatic carbocycles. The summed E-state index contributed by atoms with van der Waals surface area (Å²) >= 11 is 0. The average molecular weight is 300 g/mol. The summed E-state index contributed by atoms with van der Waals surface area (Å²) in [6, 6.07) is 14.9. The lowest BCUT2D eigenvalue weighted by atomic mass is 10.1. The van der Waals surface area contributed by atoms with Crippen LogP contribution in [0.5, 0.6) is 0 Å². The molecule has 2 aromatic rings. The fourth-order valence-corrected chi connectivity index (χ4v) is 1.92. The van der Waals surface area contributed by atoms with Crippen molar-refractivity contribution < 1.29 is 14.0 Å². The molecular formula is C17H17FN2O2.